The maximum Gasteiger partial charge on any atom is 0.184 e. The van der Waals surface area contributed by atoms with Gasteiger partial charge in [-0.15, -0.1) is 0 Å². The highest BCUT2D eigenvalue weighted by Gasteiger charge is 2.53. The Kier molecular flexibility index (Phi) is 3.51. The summed E-state index contributed by atoms with van der Waals surface area (Å²) in [6.45, 7) is 10.2. The van der Waals surface area contributed by atoms with E-state index < -0.39 is 12.1 Å². The van der Waals surface area contributed by atoms with E-state index in [2.05, 4.69) is 20.8 Å². The molecule has 0 aliphatic carbocycles. The number of rotatable bonds is 2. The van der Waals surface area contributed by atoms with E-state index in [-0.39, 0.29) is 24.2 Å². The van der Waals surface area contributed by atoms with Crippen molar-refractivity contribution in [1.82, 2.24) is 0 Å². The van der Waals surface area contributed by atoms with Gasteiger partial charge < -0.3 is 19.3 Å². The van der Waals surface area contributed by atoms with Gasteiger partial charge >= 0.3 is 0 Å². The van der Waals surface area contributed by atoms with Crippen LogP contribution in [-0.4, -0.2) is 35.5 Å². The average molecular weight is 244 g/mol. The van der Waals surface area contributed by atoms with Crippen LogP contribution in [0.3, 0.4) is 0 Å². The molecule has 4 nitrogen and oxygen atoms in total. The Morgan fingerprint density at radius 1 is 1.18 bits per heavy atom. The van der Waals surface area contributed by atoms with E-state index in [1.165, 1.54) is 0 Å². The minimum atomic E-state index is -0.873. The fraction of sp³-hybridized carbons (Fsp3) is 1.00. The van der Waals surface area contributed by atoms with Gasteiger partial charge in [-0.1, -0.05) is 20.8 Å². The van der Waals surface area contributed by atoms with Crippen LogP contribution in [0.25, 0.3) is 0 Å². The molecule has 4 heteroatoms. The molecular weight excluding hydrogens is 220 g/mol. The molecule has 2 aliphatic heterocycles. The molecule has 0 bridgehead atoms. The molecule has 0 aromatic heterocycles. The van der Waals surface area contributed by atoms with Crippen LogP contribution in [-0.2, 0) is 14.2 Å². The van der Waals surface area contributed by atoms with Gasteiger partial charge in [0, 0.05) is 5.92 Å². The van der Waals surface area contributed by atoms with Gasteiger partial charge in [0.1, 0.15) is 6.10 Å². The fourth-order valence-corrected chi connectivity index (χ4v) is 2.77. The lowest BCUT2D eigenvalue weighted by Crippen LogP contribution is -2.52. The number of hydrogen-bond donors (Lipinski definition) is 1. The molecule has 0 aromatic rings. The molecule has 100 valence electrons. The van der Waals surface area contributed by atoms with Crippen LogP contribution >= 0.6 is 0 Å². The summed E-state index contributed by atoms with van der Waals surface area (Å²) in [6, 6.07) is 0. The third-order valence-electron chi connectivity index (χ3n) is 3.57. The van der Waals surface area contributed by atoms with E-state index in [1.807, 2.05) is 13.8 Å². The second-order valence-corrected chi connectivity index (χ2v) is 6.12. The predicted molar refractivity (Wildman–Crippen MR) is 63.3 cm³/mol. The van der Waals surface area contributed by atoms with Crippen LogP contribution in [0, 0.1) is 11.8 Å². The summed E-state index contributed by atoms with van der Waals surface area (Å²) in [4.78, 5) is 0. The van der Waals surface area contributed by atoms with Crippen molar-refractivity contribution in [3.8, 4) is 0 Å². The Bertz CT molecular complexity index is 277. The molecule has 0 amide bonds. The van der Waals surface area contributed by atoms with Crippen molar-refractivity contribution in [1.29, 1.82) is 0 Å². The first-order chi connectivity index (χ1) is 7.80. The van der Waals surface area contributed by atoms with Crippen LogP contribution in [0.2, 0.25) is 0 Å². The Labute approximate surface area is 103 Å². The molecule has 2 rings (SSSR count). The lowest BCUT2D eigenvalue weighted by Gasteiger charge is -2.39. The summed E-state index contributed by atoms with van der Waals surface area (Å²) in [5, 5.41) is 9.99. The molecule has 17 heavy (non-hydrogen) atoms. The fourth-order valence-electron chi connectivity index (χ4n) is 2.77. The lowest BCUT2D eigenvalue weighted by molar-refractivity contribution is -0.245. The van der Waals surface area contributed by atoms with E-state index in [0.717, 1.165) is 6.42 Å². The molecule has 5 atom stereocenters. The number of aliphatic hydroxyl groups excluding tert-OH is 1. The van der Waals surface area contributed by atoms with Crippen LogP contribution in [0.1, 0.15) is 41.0 Å². The molecule has 2 aliphatic rings. The van der Waals surface area contributed by atoms with E-state index in [0.29, 0.717) is 5.92 Å². The third kappa shape index (κ3) is 2.65. The van der Waals surface area contributed by atoms with Crippen molar-refractivity contribution in [3.63, 3.8) is 0 Å². The highest BCUT2D eigenvalue weighted by molar-refractivity contribution is 4.93. The lowest BCUT2D eigenvalue weighted by atomic mass is 9.86. The first kappa shape index (κ1) is 13.3. The van der Waals surface area contributed by atoms with E-state index in [9.17, 15) is 5.11 Å². The molecular formula is C13H24O4. The zero-order valence-corrected chi connectivity index (χ0v) is 11.3. The normalized spacial score (nSPS) is 45.0. The van der Waals surface area contributed by atoms with Crippen molar-refractivity contribution >= 4 is 0 Å². The molecule has 2 saturated heterocycles. The summed E-state index contributed by atoms with van der Waals surface area (Å²) in [5.41, 5.74) is 0. The van der Waals surface area contributed by atoms with E-state index in [4.69, 9.17) is 14.2 Å². The second-order valence-electron chi connectivity index (χ2n) is 6.12. The molecule has 0 radical (unpaired) electrons. The smallest absolute Gasteiger partial charge is 0.184 e. The summed E-state index contributed by atoms with van der Waals surface area (Å²) < 4.78 is 17.2. The monoisotopic (exact) mass is 244 g/mol. The van der Waals surface area contributed by atoms with Gasteiger partial charge in [0.05, 0.1) is 12.2 Å². The van der Waals surface area contributed by atoms with Gasteiger partial charge in [0.2, 0.25) is 0 Å². The second kappa shape index (κ2) is 4.50. The van der Waals surface area contributed by atoms with Gasteiger partial charge in [0.15, 0.2) is 12.1 Å². The number of ether oxygens (including phenoxy) is 3. The van der Waals surface area contributed by atoms with Gasteiger partial charge in [0.25, 0.3) is 0 Å². The SMILES string of the molecule is CC(C)C[C@H]1OC(O)[C@@H]2OC(C)(C)O[C@@H]2[C@H]1C. The number of hydrogen-bond acceptors (Lipinski definition) is 4. The summed E-state index contributed by atoms with van der Waals surface area (Å²) in [5.74, 6) is 0.162. The van der Waals surface area contributed by atoms with Gasteiger partial charge in [-0.05, 0) is 26.2 Å². The summed E-state index contributed by atoms with van der Waals surface area (Å²) in [6.07, 6.45) is -0.322. The first-order valence-electron chi connectivity index (χ1n) is 6.49. The molecule has 1 N–H and O–H groups in total. The van der Waals surface area contributed by atoms with Crippen LogP contribution in [0.4, 0.5) is 0 Å². The molecule has 2 fully saturated rings. The Hall–Kier alpha value is -0.160. The van der Waals surface area contributed by atoms with Crippen molar-refractivity contribution in [2.24, 2.45) is 11.8 Å². The predicted octanol–water partition coefficient (Wildman–Crippen LogP) is 1.91. The van der Waals surface area contributed by atoms with Crippen molar-refractivity contribution in [3.05, 3.63) is 0 Å². The zero-order chi connectivity index (χ0) is 12.8. The maximum atomic E-state index is 9.99. The largest absolute Gasteiger partial charge is 0.366 e. The maximum absolute atomic E-state index is 9.99. The molecule has 2 heterocycles. The highest BCUT2D eigenvalue weighted by Crippen LogP contribution is 2.40. The first-order valence-corrected chi connectivity index (χ1v) is 6.49. The Morgan fingerprint density at radius 2 is 1.76 bits per heavy atom. The van der Waals surface area contributed by atoms with Crippen molar-refractivity contribution in [2.75, 3.05) is 0 Å². The average Bonchev–Trinajstić information content (AvgIpc) is 2.50. The van der Waals surface area contributed by atoms with Crippen molar-refractivity contribution < 1.29 is 19.3 Å². The van der Waals surface area contributed by atoms with Crippen LogP contribution in [0.15, 0.2) is 0 Å². The minimum Gasteiger partial charge on any atom is -0.366 e. The van der Waals surface area contributed by atoms with E-state index >= 15 is 0 Å². The molecule has 0 spiro atoms. The van der Waals surface area contributed by atoms with Crippen molar-refractivity contribution in [2.45, 2.75) is 71.4 Å². The molecule has 0 saturated carbocycles. The molecule has 0 aromatic carbocycles. The number of fused-ring (bicyclic) bond motifs is 1. The quantitative estimate of drug-likeness (QED) is 0.806. The highest BCUT2D eigenvalue weighted by atomic mass is 16.8. The molecule has 1 unspecified atom stereocenters. The van der Waals surface area contributed by atoms with Crippen LogP contribution in [0.5, 0.6) is 0 Å². The Morgan fingerprint density at radius 3 is 2.35 bits per heavy atom. The van der Waals surface area contributed by atoms with Crippen LogP contribution < -0.4 is 0 Å². The minimum absolute atomic E-state index is 0.0451. The van der Waals surface area contributed by atoms with E-state index in [1.54, 1.807) is 0 Å². The Balaban J connectivity index is 2.10. The number of aliphatic hydroxyl groups is 1. The van der Waals surface area contributed by atoms with Gasteiger partial charge in [-0.3, -0.25) is 0 Å². The standard InChI is InChI=1S/C13H24O4/c1-7(2)6-9-8(3)10-11(12(14)15-9)17-13(4,5)16-10/h7-12,14H,6H2,1-5H3/t8-,9+,10+,11+,12?/m0/s1. The summed E-state index contributed by atoms with van der Waals surface area (Å²) >= 11 is 0. The van der Waals surface area contributed by atoms with Gasteiger partial charge in [-0.2, -0.15) is 0 Å². The summed E-state index contributed by atoms with van der Waals surface area (Å²) in [7, 11) is 0. The zero-order valence-electron chi connectivity index (χ0n) is 11.3. The van der Waals surface area contributed by atoms with Gasteiger partial charge in [-0.25, -0.2) is 0 Å². The topological polar surface area (TPSA) is 47.9 Å². The third-order valence-corrected chi connectivity index (χ3v) is 3.57.